The van der Waals surface area contributed by atoms with Crippen LogP contribution in [0.15, 0.2) is 103 Å². The number of alkyl carbamates (subject to hydrolysis) is 2. The SMILES string of the molecule is Cc1cc(OCc2ccccc2)cc(C)c1C[C@H](NC(=O)OC(C)(C)C)C(=O)N[C@@H](CCCCNC(=O)OCc1ccccc1)C(=O)N[C@@H](Cc1ccccc1)C(N)=O. The van der Waals surface area contributed by atoms with E-state index in [4.69, 9.17) is 19.9 Å². The highest BCUT2D eigenvalue weighted by atomic mass is 16.6. The van der Waals surface area contributed by atoms with Crippen LogP contribution in [0.4, 0.5) is 9.59 Å². The van der Waals surface area contributed by atoms with E-state index < -0.39 is 53.6 Å². The fraction of sp³-hybridized carbons (Fsp3) is 0.370. The molecule has 0 unspecified atom stereocenters. The fourth-order valence-corrected chi connectivity index (χ4v) is 6.29. The van der Waals surface area contributed by atoms with Gasteiger partial charge in [-0.3, -0.25) is 14.4 Å². The van der Waals surface area contributed by atoms with Crippen LogP contribution in [0.25, 0.3) is 0 Å². The number of hydrogen-bond donors (Lipinski definition) is 5. The molecule has 0 aliphatic rings. The van der Waals surface area contributed by atoms with Gasteiger partial charge in [0.15, 0.2) is 0 Å². The van der Waals surface area contributed by atoms with Crippen LogP contribution in [-0.4, -0.2) is 60.2 Å². The van der Waals surface area contributed by atoms with Crippen LogP contribution in [0.2, 0.25) is 0 Å². The van der Waals surface area contributed by atoms with Gasteiger partial charge in [-0.25, -0.2) is 9.59 Å². The summed E-state index contributed by atoms with van der Waals surface area (Å²) in [6, 6.07) is 28.6. The normalized spacial score (nSPS) is 12.6. The number of hydrogen-bond acceptors (Lipinski definition) is 8. The number of carbonyl (C=O) groups is 5. The Kier molecular flexibility index (Phi) is 17.3. The molecular weight excluding hydrogens is 751 g/mol. The minimum atomic E-state index is -1.16. The van der Waals surface area contributed by atoms with Crippen LogP contribution in [0.1, 0.15) is 73.4 Å². The van der Waals surface area contributed by atoms with Gasteiger partial charge >= 0.3 is 12.2 Å². The lowest BCUT2D eigenvalue weighted by molar-refractivity contribution is -0.132. The van der Waals surface area contributed by atoms with E-state index in [-0.39, 0.29) is 32.4 Å². The maximum atomic E-state index is 14.2. The highest BCUT2D eigenvalue weighted by molar-refractivity contribution is 5.93. The number of benzene rings is 4. The van der Waals surface area contributed by atoms with E-state index in [0.717, 1.165) is 33.4 Å². The first-order chi connectivity index (χ1) is 28.2. The van der Waals surface area contributed by atoms with Crippen molar-refractivity contribution < 1.29 is 38.2 Å². The third kappa shape index (κ3) is 16.2. The van der Waals surface area contributed by atoms with Crippen molar-refractivity contribution in [3.63, 3.8) is 0 Å². The van der Waals surface area contributed by atoms with Gasteiger partial charge in [0.25, 0.3) is 0 Å². The van der Waals surface area contributed by atoms with Gasteiger partial charge in [-0.15, -0.1) is 0 Å². The van der Waals surface area contributed by atoms with Gasteiger partial charge in [0.05, 0.1) is 0 Å². The highest BCUT2D eigenvalue weighted by Gasteiger charge is 2.31. The molecule has 0 aliphatic heterocycles. The summed E-state index contributed by atoms with van der Waals surface area (Å²) in [6.07, 6.45) is -0.200. The zero-order chi connectivity index (χ0) is 42.8. The first-order valence-corrected chi connectivity index (χ1v) is 19.8. The van der Waals surface area contributed by atoms with E-state index in [1.807, 2.05) is 117 Å². The van der Waals surface area contributed by atoms with Crippen molar-refractivity contribution in [1.82, 2.24) is 21.3 Å². The highest BCUT2D eigenvalue weighted by Crippen LogP contribution is 2.24. The second-order valence-electron chi connectivity index (χ2n) is 15.4. The molecule has 0 aromatic heterocycles. The molecule has 4 aromatic rings. The van der Waals surface area contributed by atoms with Crippen LogP contribution in [0.3, 0.4) is 0 Å². The second kappa shape index (κ2) is 22.5. The Morgan fingerprint density at radius 1 is 0.627 bits per heavy atom. The Morgan fingerprint density at radius 2 is 1.15 bits per heavy atom. The third-order valence-corrected chi connectivity index (χ3v) is 9.31. The summed E-state index contributed by atoms with van der Waals surface area (Å²) in [7, 11) is 0. The molecule has 5 amide bonds. The van der Waals surface area contributed by atoms with Crippen molar-refractivity contribution in [2.75, 3.05) is 6.54 Å². The molecule has 0 fully saturated rings. The lowest BCUT2D eigenvalue weighted by Gasteiger charge is -2.27. The maximum Gasteiger partial charge on any atom is 0.408 e. The lowest BCUT2D eigenvalue weighted by atomic mass is 9.95. The zero-order valence-corrected chi connectivity index (χ0v) is 34.5. The van der Waals surface area contributed by atoms with Crippen LogP contribution >= 0.6 is 0 Å². The first kappa shape index (κ1) is 45.3. The third-order valence-electron chi connectivity index (χ3n) is 9.31. The zero-order valence-electron chi connectivity index (χ0n) is 34.5. The molecule has 314 valence electrons. The number of nitrogens with one attached hydrogen (secondary N) is 4. The quantitative estimate of drug-likeness (QED) is 0.0662. The standard InChI is InChI=1S/C46H57N5O8/c1-31-25-36(57-29-34-19-11-7-12-20-34)26-32(2)37(31)28-40(51-45(56)59-46(3,4)5)43(54)49-38(42(53)50-39(41(47)52)27-33-17-9-6-10-18-33)23-15-16-24-48-44(55)58-30-35-21-13-8-14-22-35/h6-14,17-22,25-26,38-40H,15-16,23-24,27-30H2,1-5H3,(H2,47,52)(H,48,55)(H,49,54)(H,50,53)(H,51,56)/t38-,39-,40-/m0/s1. The molecule has 0 saturated carbocycles. The summed E-state index contributed by atoms with van der Waals surface area (Å²) in [5.74, 6) is -1.35. The summed E-state index contributed by atoms with van der Waals surface area (Å²) in [5, 5.41) is 11.0. The number of amides is 5. The van der Waals surface area contributed by atoms with Gasteiger partial charge in [-0.2, -0.15) is 0 Å². The van der Waals surface area contributed by atoms with E-state index >= 15 is 0 Å². The van der Waals surface area contributed by atoms with Gasteiger partial charge < -0.3 is 41.2 Å². The minimum absolute atomic E-state index is 0.0724. The summed E-state index contributed by atoms with van der Waals surface area (Å²) < 4.78 is 16.9. The summed E-state index contributed by atoms with van der Waals surface area (Å²) in [4.78, 5) is 66.2. The lowest BCUT2D eigenvalue weighted by Crippen LogP contribution is -2.57. The van der Waals surface area contributed by atoms with Gasteiger partial charge in [0.1, 0.15) is 42.7 Å². The van der Waals surface area contributed by atoms with E-state index in [1.54, 1.807) is 20.8 Å². The van der Waals surface area contributed by atoms with Crippen molar-refractivity contribution in [1.29, 1.82) is 0 Å². The van der Waals surface area contributed by atoms with Crippen molar-refractivity contribution >= 4 is 29.9 Å². The van der Waals surface area contributed by atoms with Gasteiger partial charge in [-0.1, -0.05) is 91.0 Å². The molecule has 59 heavy (non-hydrogen) atoms. The molecular formula is C46H57N5O8. The number of rotatable bonds is 20. The molecule has 6 N–H and O–H groups in total. The van der Waals surface area contributed by atoms with Crippen LogP contribution in [0, 0.1) is 13.8 Å². The summed E-state index contributed by atoms with van der Waals surface area (Å²) in [5.41, 5.74) is 10.0. The van der Waals surface area contributed by atoms with Crippen LogP contribution < -0.4 is 31.7 Å². The second-order valence-corrected chi connectivity index (χ2v) is 15.4. The Balaban J connectivity index is 1.50. The Bertz CT molecular complexity index is 1960. The number of ether oxygens (including phenoxy) is 3. The number of aryl methyl sites for hydroxylation is 2. The average Bonchev–Trinajstić information content (AvgIpc) is 3.19. The number of carbonyl (C=O) groups excluding carboxylic acids is 5. The Labute approximate surface area is 346 Å². The average molecular weight is 808 g/mol. The Morgan fingerprint density at radius 3 is 1.71 bits per heavy atom. The molecule has 4 aromatic carbocycles. The van der Waals surface area contributed by atoms with Crippen molar-refractivity contribution in [2.24, 2.45) is 5.73 Å². The van der Waals surface area contributed by atoms with Gasteiger partial charge in [0, 0.05) is 19.4 Å². The number of unbranched alkanes of at least 4 members (excludes halogenated alkanes) is 1. The molecule has 0 heterocycles. The molecule has 3 atom stereocenters. The summed E-state index contributed by atoms with van der Waals surface area (Å²) in [6.45, 7) is 9.70. The largest absolute Gasteiger partial charge is 0.489 e. The number of primary amides is 1. The smallest absolute Gasteiger partial charge is 0.408 e. The van der Waals surface area contributed by atoms with E-state index in [1.165, 1.54) is 0 Å². The van der Waals surface area contributed by atoms with Gasteiger partial charge in [-0.05, 0) is 99.4 Å². The summed E-state index contributed by atoms with van der Waals surface area (Å²) >= 11 is 0. The molecule has 0 saturated heterocycles. The monoisotopic (exact) mass is 807 g/mol. The topological polar surface area (TPSA) is 187 Å². The van der Waals surface area contributed by atoms with Crippen LogP contribution in [-0.2, 0) is 49.9 Å². The van der Waals surface area contributed by atoms with E-state index in [9.17, 15) is 24.0 Å². The molecule has 13 nitrogen and oxygen atoms in total. The van der Waals surface area contributed by atoms with E-state index in [2.05, 4.69) is 21.3 Å². The molecule has 0 radical (unpaired) electrons. The van der Waals surface area contributed by atoms with Gasteiger partial charge in [0.2, 0.25) is 17.7 Å². The van der Waals surface area contributed by atoms with Crippen LogP contribution in [0.5, 0.6) is 5.75 Å². The van der Waals surface area contributed by atoms with Crippen molar-refractivity contribution in [3.05, 3.63) is 137 Å². The maximum absolute atomic E-state index is 14.2. The first-order valence-electron chi connectivity index (χ1n) is 19.8. The van der Waals surface area contributed by atoms with Crippen molar-refractivity contribution in [2.45, 2.75) is 104 Å². The molecule has 0 bridgehead atoms. The van der Waals surface area contributed by atoms with E-state index in [0.29, 0.717) is 25.2 Å². The molecule has 0 spiro atoms. The predicted octanol–water partition coefficient (Wildman–Crippen LogP) is 6.11. The molecule has 4 rings (SSSR count). The minimum Gasteiger partial charge on any atom is -0.489 e. The Hall–Kier alpha value is -6.37. The van der Waals surface area contributed by atoms with Crippen molar-refractivity contribution in [3.8, 4) is 5.75 Å². The number of nitrogens with two attached hydrogens (primary N) is 1. The molecule has 13 heteroatoms. The fourth-order valence-electron chi connectivity index (χ4n) is 6.29. The molecule has 0 aliphatic carbocycles. The predicted molar refractivity (Wildman–Crippen MR) is 225 cm³/mol.